The van der Waals surface area contributed by atoms with E-state index in [1.807, 2.05) is 30.3 Å². The Bertz CT molecular complexity index is 627. The number of carbonyl (C=O) groups excluding carboxylic acids is 1. The summed E-state index contributed by atoms with van der Waals surface area (Å²) < 4.78 is 5.28. The molecule has 2 atom stereocenters. The van der Waals surface area contributed by atoms with Gasteiger partial charge in [-0.15, -0.1) is 0 Å². The maximum absolute atomic E-state index is 11.9. The van der Waals surface area contributed by atoms with Gasteiger partial charge >= 0.3 is 0 Å². The number of rotatable bonds is 3. The minimum Gasteiger partial charge on any atom is -0.357 e. The molecule has 0 aliphatic carbocycles. The van der Waals surface area contributed by atoms with Crippen LogP contribution in [0.2, 0.25) is 0 Å². The highest BCUT2D eigenvalue weighted by molar-refractivity contribution is 5.85. The van der Waals surface area contributed by atoms with Crippen molar-refractivity contribution >= 4 is 11.9 Å². The Morgan fingerprint density at radius 2 is 2.19 bits per heavy atom. The normalized spacial score (nSPS) is 21.5. The Morgan fingerprint density at radius 3 is 2.90 bits per heavy atom. The third kappa shape index (κ3) is 2.59. The minimum absolute atomic E-state index is 0.0778. The highest BCUT2D eigenvalue weighted by atomic mass is 16.5. The quantitative estimate of drug-likeness (QED) is 0.847. The molecule has 0 saturated carbocycles. The average molecular weight is 287 g/mol. The average Bonchev–Trinajstić information content (AvgIpc) is 3.13. The fourth-order valence-corrected chi connectivity index (χ4v) is 2.54. The highest BCUT2D eigenvalue weighted by Gasteiger charge is 2.37. The number of anilines is 1. The van der Waals surface area contributed by atoms with Crippen LogP contribution in [0.4, 0.5) is 5.95 Å². The van der Waals surface area contributed by atoms with Gasteiger partial charge in [-0.1, -0.05) is 18.2 Å². The van der Waals surface area contributed by atoms with Gasteiger partial charge in [0.15, 0.2) is 0 Å². The van der Waals surface area contributed by atoms with Crippen LogP contribution in [0.25, 0.3) is 11.5 Å². The lowest BCUT2D eigenvalue weighted by molar-refractivity contribution is -0.121. The topological polar surface area (TPSA) is 97.3 Å². The lowest BCUT2D eigenvalue weighted by Gasteiger charge is -2.20. The molecule has 3 N–H and O–H groups in total. The van der Waals surface area contributed by atoms with Gasteiger partial charge in [0.05, 0.1) is 0 Å². The van der Waals surface area contributed by atoms with Gasteiger partial charge in [0.2, 0.25) is 5.91 Å². The maximum Gasteiger partial charge on any atom is 0.267 e. The molecule has 1 amide bonds. The molecule has 7 heteroatoms. The summed E-state index contributed by atoms with van der Waals surface area (Å²) in [5.74, 6) is 0.742. The van der Waals surface area contributed by atoms with Crippen molar-refractivity contribution in [2.24, 2.45) is 5.73 Å². The summed E-state index contributed by atoms with van der Waals surface area (Å²) >= 11 is 0. The van der Waals surface area contributed by atoms with Crippen LogP contribution in [-0.2, 0) is 4.79 Å². The van der Waals surface area contributed by atoms with Crippen LogP contribution in [0.5, 0.6) is 0 Å². The summed E-state index contributed by atoms with van der Waals surface area (Å²) in [5, 5.41) is 6.62. The molecule has 3 rings (SSSR count). The molecule has 1 aromatic carbocycles. The zero-order chi connectivity index (χ0) is 14.8. The molecule has 1 saturated heterocycles. The molecule has 1 fully saturated rings. The van der Waals surface area contributed by atoms with Crippen LogP contribution >= 0.6 is 0 Å². The zero-order valence-corrected chi connectivity index (χ0v) is 11.7. The third-order valence-corrected chi connectivity index (χ3v) is 3.58. The van der Waals surface area contributed by atoms with Gasteiger partial charge in [-0.2, -0.15) is 4.98 Å². The molecule has 21 heavy (non-hydrogen) atoms. The smallest absolute Gasteiger partial charge is 0.267 e. The minimum atomic E-state index is -0.355. The fourth-order valence-electron chi connectivity index (χ4n) is 2.54. The van der Waals surface area contributed by atoms with Crippen molar-refractivity contribution in [2.45, 2.75) is 18.5 Å². The van der Waals surface area contributed by atoms with Crippen molar-refractivity contribution < 1.29 is 9.32 Å². The maximum atomic E-state index is 11.9. The number of nitrogens with one attached hydrogen (secondary N) is 1. The molecule has 2 heterocycles. The van der Waals surface area contributed by atoms with Gasteiger partial charge in [-0.25, -0.2) is 0 Å². The zero-order valence-electron chi connectivity index (χ0n) is 11.7. The summed E-state index contributed by atoms with van der Waals surface area (Å²) in [6.07, 6.45) is 0.578. The van der Waals surface area contributed by atoms with Crippen molar-refractivity contribution in [1.82, 2.24) is 15.5 Å². The van der Waals surface area contributed by atoms with Crippen molar-refractivity contribution in [2.75, 3.05) is 18.5 Å². The first kappa shape index (κ1) is 13.6. The number of hydrogen-bond donors (Lipinski definition) is 2. The van der Waals surface area contributed by atoms with E-state index in [-0.39, 0.29) is 18.0 Å². The summed E-state index contributed by atoms with van der Waals surface area (Å²) in [5.41, 5.74) is 6.80. The van der Waals surface area contributed by atoms with E-state index in [1.165, 1.54) is 0 Å². The Kier molecular flexibility index (Phi) is 3.57. The van der Waals surface area contributed by atoms with E-state index < -0.39 is 0 Å². The molecule has 0 bridgehead atoms. The fraction of sp³-hybridized carbons (Fsp3) is 0.357. The number of benzene rings is 1. The van der Waals surface area contributed by atoms with E-state index in [4.69, 9.17) is 10.3 Å². The molecular weight excluding hydrogens is 270 g/mol. The predicted octanol–water partition coefficient (Wildman–Crippen LogP) is 0.389. The van der Waals surface area contributed by atoms with Gasteiger partial charge in [-0.05, 0) is 23.7 Å². The number of nitrogens with zero attached hydrogens (tertiary/aromatic N) is 3. The Morgan fingerprint density at radius 1 is 1.43 bits per heavy atom. The standard InChI is InChI=1S/C14H17N5O2/c1-16-12(20)11-7-10(15)8-19(11)14-17-13(21-18-14)9-5-3-2-4-6-9/h2-6,10-11H,7-8,15H2,1H3,(H,16,20)/t10-,11+/m1/s1. The number of carbonyl (C=O) groups is 1. The van der Waals surface area contributed by atoms with Crippen molar-refractivity contribution in [3.8, 4) is 11.5 Å². The van der Waals surface area contributed by atoms with E-state index >= 15 is 0 Å². The van der Waals surface area contributed by atoms with Gasteiger partial charge in [0.1, 0.15) is 6.04 Å². The lowest BCUT2D eigenvalue weighted by atomic mass is 10.2. The SMILES string of the molecule is CNC(=O)[C@@H]1C[C@@H](N)CN1c1noc(-c2ccccc2)n1. The first-order valence-electron chi connectivity index (χ1n) is 6.82. The van der Waals surface area contributed by atoms with Gasteiger partial charge in [0, 0.05) is 25.2 Å². The summed E-state index contributed by atoms with van der Waals surface area (Å²) in [4.78, 5) is 18.1. The van der Waals surface area contributed by atoms with Crippen LogP contribution in [-0.4, -0.2) is 41.7 Å². The van der Waals surface area contributed by atoms with E-state index in [0.29, 0.717) is 24.8 Å². The first-order chi connectivity index (χ1) is 10.2. The number of likely N-dealkylation sites (N-methyl/N-ethyl adjacent to an activating group) is 1. The van der Waals surface area contributed by atoms with Crippen LogP contribution < -0.4 is 16.0 Å². The molecule has 110 valence electrons. The molecule has 0 radical (unpaired) electrons. The number of aromatic nitrogens is 2. The van der Waals surface area contributed by atoms with Gasteiger partial charge in [0.25, 0.3) is 11.8 Å². The molecule has 7 nitrogen and oxygen atoms in total. The number of nitrogens with two attached hydrogens (primary N) is 1. The second-order valence-electron chi connectivity index (χ2n) is 5.04. The summed E-state index contributed by atoms with van der Waals surface area (Å²) in [6.45, 7) is 0.534. The number of hydrogen-bond acceptors (Lipinski definition) is 6. The van der Waals surface area contributed by atoms with E-state index in [2.05, 4.69) is 15.5 Å². The third-order valence-electron chi connectivity index (χ3n) is 3.58. The second-order valence-corrected chi connectivity index (χ2v) is 5.04. The summed E-state index contributed by atoms with van der Waals surface area (Å²) in [6, 6.07) is 9.07. The molecule has 1 aromatic heterocycles. The Labute approximate surface area is 122 Å². The van der Waals surface area contributed by atoms with E-state index in [0.717, 1.165) is 5.56 Å². The highest BCUT2D eigenvalue weighted by Crippen LogP contribution is 2.25. The van der Waals surface area contributed by atoms with Crippen LogP contribution in [0.15, 0.2) is 34.9 Å². The van der Waals surface area contributed by atoms with E-state index in [1.54, 1.807) is 11.9 Å². The molecule has 0 spiro atoms. The van der Waals surface area contributed by atoms with Crippen molar-refractivity contribution in [3.63, 3.8) is 0 Å². The molecule has 0 unspecified atom stereocenters. The van der Waals surface area contributed by atoms with Crippen molar-refractivity contribution in [1.29, 1.82) is 0 Å². The first-order valence-corrected chi connectivity index (χ1v) is 6.82. The van der Waals surface area contributed by atoms with E-state index in [9.17, 15) is 4.79 Å². The van der Waals surface area contributed by atoms with Gasteiger partial charge in [-0.3, -0.25) is 4.79 Å². The molecule has 2 aromatic rings. The monoisotopic (exact) mass is 287 g/mol. The lowest BCUT2D eigenvalue weighted by Crippen LogP contribution is -2.42. The molecular formula is C14H17N5O2. The van der Waals surface area contributed by atoms with Crippen molar-refractivity contribution in [3.05, 3.63) is 30.3 Å². The number of amides is 1. The summed E-state index contributed by atoms with van der Waals surface area (Å²) in [7, 11) is 1.61. The predicted molar refractivity (Wildman–Crippen MR) is 77.5 cm³/mol. The largest absolute Gasteiger partial charge is 0.357 e. The van der Waals surface area contributed by atoms with Crippen LogP contribution in [0, 0.1) is 0 Å². The Hall–Kier alpha value is -2.41. The van der Waals surface area contributed by atoms with Gasteiger partial charge < -0.3 is 20.5 Å². The molecule has 1 aliphatic rings. The Balaban J connectivity index is 1.87. The second kappa shape index (κ2) is 5.53. The van der Waals surface area contributed by atoms with Crippen LogP contribution in [0.1, 0.15) is 6.42 Å². The molecule has 1 aliphatic heterocycles. The van der Waals surface area contributed by atoms with Crippen LogP contribution in [0.3, 0.4) is 0 Å².